The molecule has 0 bridgehead atoms. The van der Waals surface area contributed by atoms with E-state index in [1.807, 2.05) is 11.3 Å². The van der Waals surface area contributed by atoms with E-state index in [0.717, 1.165) is 17.7 Å². The molecule has 0 amide bonds. The molecule has 3 nitrogen and oxygen atoms in total. The number of aromatic nitrogens is 1. The molecular weight excluding hydrogens is 242 g/mol. The standard InChI is InChI=1S/C14H25N3S/c1-9(2)11(4)17(5)14-16-10(3)13(18-14)8-15-12-6-7-12/h9,11-12,15H,6-8H2,1-5H3. The Hall–Kier alpha value is -0.610. The Bertz CT molecular complexity index is 396. The lowest BCUT2D eigenvalue weighted by atomic mass is 10.1. The number of hydrogen-bond donors (Lipinski definition) is 1. The van der Waals surface area contributed by atoms with Crippen molar-refractivity contribution in [3.8, 4) is 0 Å². The zero-order chi connectivity index (χ0) is 13.3. The summed E-state index contributed by atoms with van der Waals surface area (Å²) in [4.78, 5) is 8.41. The number of thiazole rings is 1. The molecule has 2 rings (SSSR count). The average molecular weight is 267 g/mol. The molecule has 0 aliphatic heterocycles. The molecule has 1 fully saturated rings. The highest BCUT2D eigenvalue weighted by Gasteiger charge is 2.22. The molecule has 1 saturated carbocycles. The number of hydrogen-bond acceptors (Lipinski definition) is 4. The van der Waals surface area contributed by atoms with Gasteiger partial charge < -0.3 is 10.2 Å². The van der Waals surface area contributed by atoms with Crippen LogP contribution in [0, 0.1) is 12.8 Å². The summed E-state index contributed by atoms with van der Waals surface area (Å²) < 4.78 is 0. The monoisotopic (exact) mass is 267 g/mol. The fraction of sp³-hybridized carbons (Fsp3) is 0.786. The molecule has 1 unspecified atom stereocenters. The summed E-state index contributed by atoms with van der Waals surface area (Å²) in [5.74, 6) is 0.646. The Kier molecular flexibility index (Phi) is 4.28. The molecule has 0 saturated heterocycles. The largest absolute Gasteiger partial charge is 0.348 e. The van der Waals surface area contributed by atoms with Crippen molar-refractivity contribution in [3.63, 3.8) is 0 Å². The van der Waals surface area contributed by atoms with Crippen LogP contribution in [0.2, 0.25) is 0 Å². The Balaban J connectivity index is 2.01. The van der Waals surface area contributed by atoms with Crippen LogP contribution in [0.1, 0.15) is 44.2 Å². The van der Waals surface area contributed by atoms with Crippen molar-refractivity contribution in [2.24, 2.45) is 5.92 Å². The van der Waals surface area contributed by atoms with Crippen molar-refractivity contribution >= 4 is 16.5 Å². The van der Waals surface area contributed by atoms with Crippen LogP contribution in [0.5, 0.6) is 0 Å². The van der Waals surface area contributed by atoms with E-state index in [-0.39, 0.29) is 0 Å². The molecule has 1 N–H and O–H groups in total. The van der Waals surface area contributed by atoms with Crippen molar-refractivity contribution in [2.75, 3.05) is 11.9 Å². The summed E-state index contributed by atoms with van der Waals surface area (Å²) in [6, 6.07) is 1.29. The predicted molar refractivity (Wildman–Crippen MR) is 79.4 cm³/mol. The van der Waals surface area contributed by atoms with Crippen LogP contribution >= 0.6 is 11.3 Å². The highest BCUT2D eigenvalue weighted by Crippen LogP contribution is 2.29. The Morgan fingerprint density at radius 2 is 2.06 bits per heavy atom. The lowest BCUT2D eigenvalue weighted by Gasteiger charge is -2.27. The Morgan fingerprint density at radius 3 is 2.61 bits per heavy atom. The van der Waals surface area contributed by atoms with Gasteiger partial charge in [-0.15, -0.1) is 11.3 Å². The van der Waals surface area contributed by atoms with Crippen LogP contribution in [-0.2, 0) is 6.54 Å². The maximum absolute atomic E-state index is 4.72. The van der Waals surface area contributed by atoms with E-state index < -0.39 is 0 Å². The van der Waals surface area contributed by atoms with Crippen LogP contribution in [0.15, 0.2) is 0 Å². The summed E-state index contributed by atoms with van der Waals surface area (Å²) in [5, 5.41) is 4.72. The third-order valence-corrected chi connectivity index (χ3v) is 5.14. The number of aryl methyl sites for hydroxylation is 1. The smallest absolute Gasteiger partial charge is 0.185 e. The van der Waals surface area contributed by atoms with Gasteiger partial charge in [0.25, 0.3) is 0 Å². The van der Waals surface area contributed by atoms with Gasteiger partial charge in [-0.1, -0.05) is 13.8 Å². The lowest BCUT2D eigenvalue weighted by molar-refractivity contribution is 0.505. The lowest BCUT2D eigenvalue weighted by Crippen LogP contribution is -2.32. The number of nitrogens with zero attached hydrogens (tertiary/aromatic N) is 2. The first-order valence-electron chi connectivity index (χ1n) is 6.91. The topological polar surface area (TPSA) is 28.2 Å². The van der Waals surface area contributed by atoms with Crippen LogP contribution in [0.3, 0.4) is 0 Å². The summed E-state index contributed by atoms with van der Waals surface area (Å²) in [7, 11) is 2.15. The van der Waals surface area contributed by atoms with Crippen LogP contribution in [0.4, 0.5) is 5.13 Å². The number of nitrogens with one attached hydrogen (secondary N) is 1. The van der Waals surface area contributed by atoms with Crippen LogP contribution < -0.4 is 10.2 Å². The molecule has 102 valence electrons. The Morgan fingerprint density at radius 1 is 1.39 bits per heavy atom. The summed E-state index contributed by atoms with van der Waals surface area (Å²) in [6.45, 7) is 9.90. The second-order valence-electron chi connectivity index (χ2n) is 5.76. The van der Waals surface area contributed by atoms with E-state index in [1.54, 1.807) is 0 Å². The molecule has 0 spiro atoms. The fourth-order valence-corrected chi connectivity index (χ4v) is 2.94. The van der Waals surface area contributed by atoms with E-state index >= 15 is 0 Å². The molecule has 18 heavy (non-hydrogen) atoms. The molecule has 0 radical (unpaired) electrons. The maximum atomic E-state index is 4.72. The molecule has 0 aromatic carbocycles. The van der Waals surface area contributed by atoms with Gasteiger partial charge >= 0.3 is 0 Å². The van der Waals surface area contributed by atoms with E-state index in [1.165, 1.54) is 23.4 Å². The van der Waals surface area contributed by atoms with Crippen LogP contribution in [0.25, 0.3) is 0 Å². The minimum Gasteiger partial charge on any atom is -0.348 e. The summed E-state index contributed by atoms with van der Waals surface area (Å²) in [6.07, 6.45) is 2.68. The van der Waals surface area contributed by atoms with Gasteiger partial charge in [0.1, 0.15) is 0 Å². The molecule has 1 aromatic heterocycles. The van der Waals surface area contributed by atoms with E-state index in [9.17, 15) is 0 Å². The van der Waals surface area contributed by atoms with Gasteiger partial charge in [-0.05, 0) is 32.6 Å². The molecule has 4 heteroatoms. The second-order valence-corrected chi connectivity index (χ2v) is 6.82. The predicted octanol–water partition coefficient (Wildman–Crippen LogP) is 3.18. The molecule has 1 atom stereocenters. The SMILES string of the molecule is Cc1nc(N(C)C(C)C(C)C)sc1CNC1CC1. The maximum Gasteiger partial charge on any atom is 0.185 e. The van der Waals surface area contributed by atoms with Crippen molar-refractivity contribution < 1.29 is 0 Å². The minimum absolute atomic E-state index is 0.528. The van der Waals surface area contributed by atoms with Crippen molar-refractivity contribution in [3.05, 3.63) is 10.6 Å². The summed E-state index contributed by atoms with van der Waals surface area (Å²) in [5.41, 5.74) is 1.19. The first kappa shape index (κ1) is 13.8. The van der Waals surface area contributed by atoms with E-state index in [2.05, 4.69) is 45.0 Å². The molecular formula is C14H25N3S. The summed E-state index contributed by atoms with van der Waals surface area (Å²) >= 11 is 1.84. The van der Waals surface area contributed by atoms with Gasteiger partial charge in [0.2, 0.25) is 0 Å². The van der Waals surface area contributed by atoms with Gasteiger partial charge in [-0.3, -0.25) is 0 Å². The van der Waals surface area contributed by atoms with Gasteiger partial charge in [0.15, 0.2) is 5.13 Å². The van der Waals surface area contributed by atoms with Gasteiger partial charge in [0.05, 0.1) is 5.69 Å². The fourth-order valence-electron chi connectivity index (χ4n) is 1.87. The number of anilines is 1. The quantitative estimate of drug-likeness (QED) is 0.858. The van der Waals surface area contributed by atoms with E-state index in [0.29, 0.717) is 12.0 Å². The zero-order valence-corrected chi connectivity index (χ0v) is 13.0. The zero-order valence-electron chi connectivity index (χ0n) is 12.2. The normalized spacial score (nSPS) is 17.2. The third-order valence-electron chi connectivity index (χ3n) is 3.89. The molecule has 1 aliphatic rings. The van der Waals surface area contributed by atoms with Gasteiger partial charge in [0, 0.05) is 30.6 Å². The van der Waals surface area contributed by atoms with E-state index in [4.69, 9.17) is 4.98 Å². The average Bonchev–Trinajstić information content (AvgIpc) is 3.08. The first-order chi connectivity index (χ1) is 8.49. The van der Waals surface area contributed by atoms with Crippen molar-refractivity contribution in [1.82, 2.24) is 10.3 Å². The molecule has 1 aromatic rings. The third kappa shape index (κ3) is 3.23. The van der Waals surface area contributed by atoms with Crippen molar-refractivity contribution in [2.45, 2.75) is 59.2 Å². The second kappa shape index (κ2) is 5.57. The van der Waals surface area contributed by atoms with Crippen LogP contribution in [-0.4, -0.2) is 24.1 Å². The minimum atomic E-state index is 0.528. The van der Waals surface area contributed by atoms with Gasteiger partial charge in [-0.2, -0.15) is 0 Å². The Labute approximate surface area is 115 Å². The highest BCUT2D eigenvalue weighted by atomic mass is 32.1. The number of rotatable bonds is 6. The highest BCUT2D eigenvalue weighted by molar-refractivity contribution is 7.15. The van der Waals surface area contributed by atoms with Crippen molar-refractivity contribution in [1.29, 1.82) is 0 Å². The molecule has 1 heterocycles. The van der Waals surface area contributed by atoms with Gasteiger partial charge in [-0.25, -0.2) is 4.98 Å². The first-order valence-corrected chi connectivity index (χ1v) is 7.73. The molecule has 1 aliphatic carbocycles.